The fraction of sp³-hybridized carbons (Fsp3) is 0.231. The summed E-state index contributed by atoms with van der Waals surface area (Å²) in [5.41, 5.74) is 13.8. The Morgan fingerprint density at radius 1 is 0.872 bits per heavy atom. The Labute approximate surface area is 243 Å². The molecule has 1 aromatic heterocycles. The molecular formula is C26H30Br2N8O3. The number of rotatable bonds is 12. The molecule has 0 atom stereocenters. The first-order chi connectivity index (χ1) is 18.7. The molecule has 0 unspecified atom stereocenters. The van der Waals surface area contributed by atoms with Crippen molar-refractivity contribution in [2.75, 3.05) is 51.1 Å². The summed E-state index contributed by atoms with van der Waals surface area (Å²) in [5.74, 6) is -1.33. The van der Waals surface area contributed by atoms with Crippen molar-refractivity contribution < 1.29 is 14.4 Å². The van der Waals surface area contributed by atoms with Crippen molar-refractivity contribution in [3.63, 3.8) is 0 Å². The van der Waals surface area contributed by atoms with Gasteiger partial charge < -0.3 is 36.9 Å². The third-order valence-electron chi connectivity index (χ3n) is 5.51. The van der Waals surface area contributed by atoms with Gasteiger partial charge in [0.2, 0.25) is 5.91 Å². The lowest BCUT2D eigenvalue weighted by Gasteiger charge is -2.23. The first-order valence-electron chi connectivity index (χ1n) is 11.9. The predicted octanol–water partition coefficient (Wildman–Crippen LogP) is 3.34. The van der Waals surface area contributed by atoms with Gasteiger partial charge in [-0.15, -0.1) is 0 Å². The van der Waals surface area contributed by atoms with Crippen LogP contribution < -0.4 is 32.3 Å². The molecule has 11 nitrogen and oxygen atoms in total. The lowest BCUT2D eigenvalue weighted by atomic mass is 10.2. The number of carbonyl (C=O) groups is 3. The molecule has 0 bridgehead atoms. The topological polar surface area (TPSA) is 160 Å². The number of amides is 3. The predicted molar refractivity (Wildman–Crippen MR) is 163 cm³/mol. The molecule has 3 rings (SSSR count). The van der Waals surface area contributed by atoms with Gasteiger partial charge in [0.15, 0.2) is 5.96 Å². The normalized spacial score (nSPS) is 10.4. The van der Waals surface area contributed by atoms with Gasteiger partial charge in [-0.2, -0.15) is 0 Å². The van der Waals surface area contributed by atoms with Crippen LogP contribution in [0.2, 0.25) is 0 Å². The Kier molecular flexibility index (Phi) is 10.9. The fourth-order valence-corrected chi connectivity index (χ4v) is 4.54. The van der Waals surface area contributed by atoms with Gasteiger partial charge in [0.25, 0.3) is 11.8 Å². The second-order valence-electron chi connectivity index (χ2n) is 8.42. The maximum Gasteiger partial charge on any atom is 0.272 e. The molecule has 206 valence electrons. The number of benzene rings is 2. The zero-order valence-corrected chi connectivity index (χ0v) is 24.5. The minimum Gasteiger partial charge on any atom is -0.370 e. The summed E-state index contributed by atoms with van der Waals surface area (Å²) in [4.78, 5) is 43.6. The third kappa shape index (κ3) is 8.86. The van der Waals surface area contributed by atoms with Crippen molar-refractivity contribution in [1.29, 1.82) is 0 Å². The van der Waals surface area contributed by atoms with E-state index in [1.807, 2.05) is 24.3 Å². The van der Waals surface area contributed by atoms with Gasteiger partial charge in [0, 0.05) is 59.6 Å². The number of aliphatic imine (C=N–C) groups is 1. The van der Waals surface area contributed by atoms with Crippen molar-refractivity contribution in [2.45, 2.75) is 0 Å². The van der Waals surface area contributed by atoms with Crippen LogP contribution in [0.15, 0.2) is 65.8 Å². The first kappa shape index (κ1) is 29.7. The summed E-state index contributed by atoms with van der Waals surface area (Å²) in [6.07, 6.45) is 1.65. The quantitative estimate of drug-likeness (QED) is 0.114. The molecule has 0 spiro atoms. The number of alkyl halides is 2. The van der Waals surface area contributed by atoms with Gasteiger partial charge in [0.05, 0.1) is 5.69 Å². The zero-order chi connectivity index (χ0) is 28.4. The molecule has 7 N–H and O–H groups in total. The van der Waals surface area contributed by atoms with Gasteiger partial charge in [-0.1, -0.05) is 37.9 Å². The molecular weight excluding hydrogens is 632 g/mol. The van der Waals surface area contributed by atoms with Crippen LogP contribution in [0.5, 0.6) is 0 Å². The number of hydrogen-bond donors (Lipinski definition) is 5. The summed E-state index contributed by atoms with van der Waals surface area (Å²) < 4.78 is 1.63. The molecule has 3 aromatic rings. The summed E-state index contributed by atoms with van der Waals surface area (Å²) in [6, 6.07) is 15.7. The second-order valence-corrected chi connectivity index (χ2v) is 10.0. The van der Waals surface area contributed by atoms with Crippen molar-refractivity contribution in [3.05, 3.63) is 72.1 Å². The number of nitrogens with zero attached hydrogens (tertiary/aromatic N) is 3. The van der Waals surface area contributed by atoms with E-state index in [2.05, 4.69) is 57.7 Å². The van der Waals surface area contributed by atoms with Crippen molar-refractivity contribution in [3.8, 4) is 0 Å². The number of aromatic nitrogens is 1. The highest BCUT2D eigenvalue weighted by Gasteiger charge is 2.15. The Morgan fingerprint density at radius 2 is 1.54 bits per heavy atom. The molecule has 0 fully saturated rings. The number of nitrogens with two attached hydrogens (primary N) is 2. The van der Waals surface area contributed by atoms with Crippen molar-refractivity contribution >= 4 is 78.3 Å². The summed E-state index contributed by atoms with van der Waals surface area (Å²) >= 11 is 6.96. The SMILES string of the molecule is Cn1cc(NC(=O)c2cccc(NC(=O)CN=C(N)N)c2)cc1C(=O)Nc1ccc(N(CCBr)CCBr)cc1. The number of guanidine groups is 1. The molecule has 1 heterocycles. The fourth-order valence-electron chi connectivity index (χ4n) is 3.69. The van der Waals surface area contributed by atoms with E-state index in [1.165, 1.54) is 6.07 Å². The van der Waals surface area contributed by atoms with E-state index >= 15 is 0 Å². The van der Waals surface area contributed by atoms with Crippen LogP contribution in [0.4, 0.5) is 22.7 Å². The van der Waals surface area contributed by atoms with Gasteiger partial charge in [0.1, 0.15) is 12.2 Å². The van der Waals surface area contributed by atoms with Crippen LogP contribution in [-0.2, 0) is 11.8 Å². The van der Waals surface area contributed by atoms with E-state index in [4.69, 9.17) is 11.5 Å². The second kappa shape index (κ2) is 14.4. The number of hydrogen-bond acceptors (Lipinski definition) is 5. The third-order valence-corrected chi connectivity index (χ3v) is 6.22. The minimum absolute atomic E-state index is 0.190. The minimum atomic E-state index is -0.426. The Morgan fingerprint density at radius 3 is 2.18 bits per heavy atom. The first-order valence-corrected chi connectivity index (χ1v) is 14.2. The largest absolute Gasteiger partial charge is 0.370 e. The zero-order valence-electron chi connectivity index (χ0n) is 21.3. The summed E-state index contributed by atoms with van der Waals surface area (Å²) in [5, 5.41) is 10.0. The Balaban J connectivity index is 1.63. The average molecular weight is 662 g/mol. The molecule has 39 heavy (non-hydrogen) atoms. The van der Waals surface area contributed by atoms with Crippen LogP contribution in [0.3, 0.4) is 0 Å². The molecule has 0 aliphatic heterocycles. The maximum atomic E-state index is 12.9. The van der Waals surface area contributed by atoms with Crippen LogP contribution >= 0.6 is 31.9 Å². The maximum absolute atomic E-state index is 12.9. The molecule has 0 aliphatic carbocycles. The highest BCUT2D eigenvalue weighted by molar-refractivity contribution is 9.09. The Bertz CT molecular complexity index is 1330. The monoisotopic (exact) mass is 660 g/mol. The lowest BCUT2D eigenvalue weighted by molar-refractivity contribution is -0.114. The van der Waals surface area contributed by atoms with E-state index in [0.717, 1.165) is 29.4 Å². The summed E-state index contributed by atoms with van der Waals surface area (Å²) in [6.45, 7) is 1.51. The van der Waals surface area contributed by atoms with E-state index < -0.39 is 11.8 Å². The number of anilines is 4. The van der Waals surface area contributed by atoms with Crippen molar-refractivity contribution in [1.82, 2.24) is 4.57 Å². The van der Waals surface area contributed by atoms with E-state index in [-0.39, 0.29) is 18.4 Å². The molecule has 3 amide bonds. The molecule has 0 aliphatic rings. The van der Waals surface area contributed by atoms with Gasteiger partial charge in [-0.3, -0.25) is 14.4 Å². The van der Waals surface area contributed by atoms with Gasteiger partial charge in [-0.25, -0.2) is 4.99 Å². The van der Waals surface area contributed by atoms with Crippen LogP contribution in [0, 0.1) is 0 Å². The van der Waals surface area contributed by atoms with Crippen LogP contribution in [0.1, 0.15) is 20.8 Å². The van der Waals surface area contributed by atoms with Crippen LogP contribution in [-0.4, -0.2) is 58.5 Å². The highest BCUT2D eigenvalue weighted by atomic mass is 79.9. The molecule has 0 radical (unpaired) electrons. The van der Waals surface area contributed by atoms with Crippen molar-refractivity contribution in [2.24, 2.45) is 23.5 Å². The highest BCUT2D eigenvalue weighted by Crippen LogP contribution is 2.21. The molecule has 0 saturated carbocycles. The standard InChI is InChI=1S/C26H30Br2N8O3/c1-35-16-20(34-24(38)17-3-2-4-19(13-17)32-23(37)15-31-26(29)30)14-22(35)25(39)33-18-5-7-21(8-6-18)36(11-9-27)12-10-28/h2-8,13-14,16H,9-12,15H2,1H3,(H,32,37)(H,33,39)(H,34,38)(H4,29,30,31). The number of halogens is 2. The number of carbonyl (C=O) groups excluding carboxylic acids is 3. The van der Waals surface area contributed by atoms with E-state index in [0.29, 0.717) is 28.3 Å². The Hall–Kier alpha value is -3.84. The van der Waals surface area contributed by atoms with Gasteiger partial charge >= 0.3 is 0 Å². The van der Waals surface area contributed by atoms with Crippen LogP contribution in [0.25, 0.3) is 0 Å². The average Bonchev–Trinajstić information content (AvgIpc) is 3.27. The molecule has 13 heteroatoms. The number of nitrogens with one attached hydrogen (secondary N) is 3. The lowest BCUT2D eigenvalue weighted by Crippen LogP contribution is -2.27. The molecule has 2 aromatic carbocycles. The smallest absolute Gasteiger partial charge is 0.272 e. The van der Waals surface area contributed by atoms with Gasteiger partial charge in [-0.05, 0) is 48.5 Å². The van der Waals surface area contributed by atoms with E-state index in [1.54, 1.807) is 42.1 Å². The van der Waals surface area contributed by atoms with E-state index in [9.17, 15) is 14.4 Å². The summed E-state index contributed by atoms with van der Waals surface area (Å²) in [7, 11) is 1.72. The molecule has 0 saturated heterocycles. The number of aryl methyl sites for hydroxylation is 1.